The maximum atomic E-state index is 10.9. The Morgan fingerprint density at radius 3 is 1.11 bits per heavy atom. The number of carboxylic acids is 2. The zero-order chi connectivity index (χ0) is 20.0. The minimum Gasteiger partial charge on any atom is -0.506 e. The van der Waals surface area contributed by atoms with Gasteiger partial charge in [-0.05, 0) is 38.1 Å². The van der Waals surface area contributed by atoms with Gasteiger partial charge in [0.25, 0.3) is 0 Å². The Balaban J connectivity index is 0.000000483. The number of hydrogen-bond donors (Lipinski definition) is 4. The summed E-state index contributed by atoms with van der Waals surface area (Å²) in [7, 11) is 0. The summed E-state index contributed by atoms with van der Waals surface area (Å²) in [5, 5.41) is 35.9. The normalized spacial score (nSPS) is 9.26. The fraction of sp³-hybridized carbons (Fsp3) is 0.111. The van der Waals surface area contributed by atoms with E-state index in [1.54, 1.807) is 0 Å². The lowest BCUT2D eigenvalue weighted by Crippen LogP contribution is -2.01. The summed E-state index contributed by atoms with van der Waals surface area (Å²) in [6, 6.07) is 8.07. The molecule has 0 aliphatic rings. The molecule has 0 aliphatic heterocycles. The van der Waals surface area contributed by atoms with Crippen LogP contribution in [0.5, 0.6) is 11.5 Å². The first-order valence-corrected chi connectivity index (χ1v) is 7.20. The average molecular weight is 387 g/mol. The van der Waals surface area contributed by atoms with Crippen molar-refractivity contribution in [2.45, 2.75) is 13.8 Å². The Bertz CT molecular complexity index is 751. The summed E-state index contributed by atoms with van der Waals surface area (Å²) in [5.74, 6) is -4.16. The summed E-state index contributed by atoms with van der Waals surface area (Å²) >= 11 is 0. The zero-order valence-corrected chi connectivity index (χ0v) is 15.6. The molecule has 2 aromatic carbocycles. The molecular weight excluding hydrogens is 371 g/mol. The van der Waals surface area contributed by atoms with Crippen LogP contribution in [0.25, 0.3) is 0 Å². The molecule has 0 heterocycles. The molecule has 0 fully saturated rings. The van der Waals surface area contributed by atoms with E-state index in [1.807, 2.05) is 0 Å². The Morgan fingerprint density at radius 2 is 0.889 bits per heavy atom. The van der Waals surface area contributed by atoms with Gasteiger partial charge in [0.1, 0.15) is 22.6 Å². The molecule has 0 aromatic heterocycles. The first-order valence-electron chi connectivity index (χ1n) is 7.20. The zero-order valence-electron chi connectivity index (χ0n) is 14.5. The minimum absolute atomic E-state index is 0. The molecule has 8 nitrogen and oxygen atoms in total. The summed E-state index contributed by atoms with van der Waals surface area (Å²) in [6.07, 6.45) is 0. The van der Waals surface area contributed by atoms with Crippen LogP contribution in [0, 0.1) is 0 Å². The van der Waals surface area contributed by atoms with Crippen LogP contribution >= 0.6 is 0 Å². The summed E-state index contributed by atoms with van der Waals surface area (Å²) in [4.78, 5) is 42.8. The van der Waals surface area contributed by atoms with E-state index < -0.39 is 23.4 Å². The number of carbonyl (C=O) groups excluding carboxylic acids is 2. The third-order valence-electron chi connectivity index (χ3n) is 3.29. The Morgan fingerprint density at radius 1 is 0.630 bits per heavy atom. The molecule has 9 heteroatoms. The fourth-order valence-corrected chi connectivity index (χ4v) is 2.00. The van der Waals surface area contributed by atoms with E-state index in [1.165, 1.54) is 50.2 Å². The van der Waals surface area contributed by atoms with Crippen LogP contribution in [0.1, 0.15) is 55.3 Å². The van der Waals surface area contributed by atoms with E-state index in [4.69, 9.17) is 10.2 Å². The van der Waals surface area contributed by atoms with Crippen LogP contribution < -0.4 is 0 Å². The Labute approximate surface area is 164 Å². The van der Waals surface area contributed by atoms with Crippen LogP contribution in [0.15, 0.2) is 36.4 Å². The molecule has 0 unspecified atom stereocenters. The number of carboxylic acid groups (broad SMARTS) is 2. The molecule has 0 amide bonds. The minimum atomic E-state index is -1.25. The molecule has 139 valence electrons. The van der Waals surface area contributed by atoms with Crippen LogP contribution in [0.4, 0.5) is 0 Å². The molecule has 0 saturated heterocycles. The number of Topliss-reactive ketones (excluding diaryl/α,β-unsaturated/α-hetero) is 2. The number of hydrogen-bond acceptors (Lipinski definition) is 6. The molecule has 0 bridgehead atoms. The molecule has 0 atom stereocenters. The van der Waals surface area contributed by atoms with Crippen molar-refractivity contribution in [1.29, 1.82) is 0 Å². The fourth-order valence-electron chi connectivity index (χ4n) is 2.00. The van der Waals surface area contributed by atoms with Crippen LogP contribution in [0.3, 0.4) is 0 Å². The van der Waals surface area contributed by atoms with Gasteiger partial charge in [-0.25, -0.2) is 9.59 Å². The third kappa shape index (κ3) is 5.95. The number of rotatable bonds is 4. The molecule has 0 saturated carbocycles. The number of aromatic hydroxyl groups is 2. The van der Waals surface area contributed by atoms with Gasteiger partial charge < -0.3 is 20.4 Å². The smallest absolute Gasteiger partial charge is 0.339 e. The Kier molecular flexibility index (Phi) is 8.93. The predicted molar refractivity (Wildman–Crippen MR) is 95.9 cm³/mol. The lowest BCUT2D eigenvalue weighted by Gasteiger charge is -2.02. The quantitative estimate of drug-likeness (QED) is 0.461. The average Bonchev–Trinajstić information content (AvgIpc) is 2.54. The highest BCUT2D eigenvalue weighted by Gasteiger charge is 2.15. The van der Waals surface area contributed by atoms with Gasteiger partial charge in [-0.15, -0.1) is 0 Å². The van der Waals surface area contributed by atoms with Crippen molar-refractivity contribution in [3.05, 3.63) is 58.7 Å². The van der Waals surface area contributed by atoms with Gasteiger partial charge in [0.15, 0.2) is 11.6 Å². The second-order valence-electron chi connectivity index (χ2n) is 5.13. The highest BCUT2D eigenvalue weighted by molar-refractivity contribution is 6.02. The predicted octanol–water partition coefficient (Wildman–Crippen LogP) is 2.21. The molecule has 3 radical (unpaired) electrons. The van der Waals surface area contributed by atoms with E-state index in [-0.39, 0.29) is 51.2 Å². The van der Waals surface area contributed by atoms with Crippen LogP contribution in [-0.2, 0) is 0 Å². The summed E-state index contributed by atoms with van der Waals surface area (Å²) in [5.41, 5.74) is -0.458. The van der Waals surface area contributed by atoms with Crippen LogP contribution in [-0.4, -0.2) is 61.3 Å². The van der Waals surface area contributed by atoms with E-state index in [2.05, 4.69) is 0 Å². The number of benzene rings is 2. The lowest BCUT2D eigenvalue weighted by atomic mass is 10.1. The SMILES string of the molecule is CC(=O)c1cccc(C(=O)O)c1O.CC(=O)c1cccc(C(=O)O)c1O.[Al]. The molecule has 4 N–H and O–H groups in total. The van der Waals surface area contributed by atoms with Crippen molar-refractivity contribution in [2.75, 3.05) is 0 Å². The molecule has 0 aliphatic carbocycles. The molecular formula is C18H16AlO8. The lowest BCUT2D eigenvalue weighted by molar-refractivity contribution is 0.0682. The third-order valence-corrected chi connectivity index (χ3v) is 3.29. The molecule has 2 aromatic rings. The van der Waals surface area contributed by atoms with E-state index in [0.29, 0.717) is 0 Å². The van der Waals surface area contributed by atoms with Crippen molar-refractivity contribution in [2.24, 2.45) is 0 Å². The van der Waals surface area contributed by atoms with Crippen molar-refractivity contribution in [1.82, 2.24) is 0 Å². The molecule has 2 rings (SSSR count). The number of carbonyl (C=O) groups is 4. The van der Waals surface area contributed by atoms with Crippen molar-refractivity contribution >= 4 is 40.9 Å². The summed E-state index contributed by atoms with van der Waals surface area (Å²) < 4.78 is 0. The second-order valence-corrected chi connectivity index (χ2v) is 5.13. The molecule has 0 spiro atoms. The van der Waals surface area contributed by atoms with Crippen molar-refractivity contribution in [3.8, 4) is 11.5 Å². The second kappa shape index (κ2) is 10.1. The maximum absolute atomic E-state index is 10.9. The van der Waals surface area contributed by atoms with Crippen LogP contribution in [0.2, 0.25) is 0 Å². The standard InChI is InChI=1S/2C9H8O4.Al/c2*1-5(10)6-3-2-4-7(8(6)11)9(12)13;/h2*2-4,11H,1H3,(H,12,13);. The first-order chi connectivity index (χ1) is 12.1. The first kappa shape index (κ1) is 23.9. The van der Waals surface area contributed by atoms with E-state index in [9.17, 15) is 29.4 Å². The topological polar surface area (TPSA) is 149 Å². The monoisotopic (exact) mass is 387 g/mol. The van der Waals surface area contributed by atoms with Gasteiger partial charge in [0.05, 0.1) is 11.1 Å². The van der Waals surface area contributed by atoms with Crippen molar-refractivity contribution in [3.63, 3.8) is 0 Å². The highest BCUT2D eigenvalue weighted by atomic mass is 27.0. The largest absolute Gasteiger partial charge is 0.506 e. The number of aromatic carboxylic acids is 2. The summed E-state index contributed by atoms with van der Waals surface area (Å²) in [6.45, 7) is 2.53. The van der Waals surface area contributed by atoms with Gasteiger partial charge in [-0.1, -0.05) is 12.1 Å². The van der Waals surface area contributed by atoms with E-state index in [0.717, 1.165) is 0 Å². The van der Waals surface area contributed by atoms with Crippen molar-refractivity contribution < 1.29 is 39.6 Å². The van der Waals surface area contributed by atoms with Gasteiger partial charge in [-0.2, -0.15) is 0 Å². The highest BCUT2D eigenvalue weighted by Crippen LogP contribution is 2.23. The number of phenols is 2. The number of para-hydroxylation sites is 2. The maximum Gasteiger partial charge on any atom is 0.339 e. The Hall–Kier alpha value is -3.15. The van der Waals surface area contributed by atoms with E-state index >= 15 is 0 Å². The van der Waals surface area contributed by atoms with Gasteiger partial charge in [-0.3, -0.25) is 9.59 Å². The van der Waals surface area contributed by atoms with Gasteiger partial charge in [0, 0.05) is 17.4 Å². The number of ketones is 2. The molecule has 27 heavy (non-hydrogen) atoms. The van der Waals surface area contributed by atoms with Gasteiger partial charge in [0.2, 0.25) is 0 Å². The van der Waals surface area contributed by atoms with Gasteiger partial charge >= 0.3 is 11.9 Å².